The lowest BCUT2D eigenvalue weighted by Crippen LogP contribution is -2.44. The summed E-state index contributed by atoms with van der Waals surface area (Å²) in [5.74, 6) is 0.471. The lowest BCUT2D eigenvalue weighted by molar-refractivity contribution is -0.141. The molecular weight excluding hydrogens is 245 g/mol. The molecule has 1 unspecified atom stereocenters. The molecule has 0 amide bonds. The Hall–Kier alpha value is -1.37. The molecule has 100 valence electrons. The predicted octanol–water partition coefficient (Wildman–Crippen LogP) is 1.81. The van der Waals surface area contributed by atoms with Gasteiger partial charge in [-0.05, 0) is 31.4 Å². The highest BCUT2D eigenvalue weighted by Gasteiger charge is 2.33. The molecule has 1 aromatic heterocycles. The van der Waals surface area contributed by atoms with Crippen LogP contribution in [0.1, 0.15) is 25.0 Å². The topological polar surface area (TPSA) is 55.0 Å². The standard InChI is InChI=1S/C11H15F3N4/c12-11(13,14)9-4-5-10(17-16-9)18-6-2-1-3-8(18)7-15/h4-5,8H,1-3,6-7,15H2. The van der Waals surface area contributed by atoms with E-state index >= 15 is 0 Å². The Morgan fingerprint density at radius 3 is 2.61 bits per heavy atom. The van der Waals surface area contributed by atoms with Gasteiger partial charge < -0.3 is 10.6 Å². The molecule has 2 rings (SSSR count). The fraction of sp³-hybridized carbons (Fsp3) is 0.636. The van der Waals surface area contributed by atoms with Crippen LogP contribution in [0.2, 0.25) is 0 Å². The van der Waals surface area contributed by atoms with E-state index in [1.54, 1.807) is 0 Å². The fourth-order valence-corrected chi connectivity index (χ4v) is 2.18. The van der Waals surface area contributed by atoms with Gasteiger partial charge in [-0.15, -0.1) is 10.2 Å². The minimum Gasteiger partial charge on any atom is -0.351 e. The van der Waals surface area contributed by atoms with Crippen LogP contribution in [0.5, 0.6) is 0 Å². The van der Waals surface area contributed by atoms with Gasteiger partial charge in [-0.1, -0.05) is 0 Å². The van der Waals surface area contributed by atoms with E-state index in [2.05, 4.69) is 10.2 Å². The Bertz CT molecular complexity index is 390. The van der Waals surface area contributed by atoms with E-state index in [1.165, 1.54) is 6.07 Å². The van der Waals surface area contributed by atoms with Crippen molar-refractivity contribution < 1.29 is 13.2 Å². The van der Waals surface area contributed by atoms with Crippen molar-refractivity contribution >= 4 is 5.82 Å². The zero-order valence-corrected chi connectivity index (χ0v) is 9.82. The summed E-state index contributed by atoms with van der Waals surface area (Å²) in [6.07, 6.45) is -1.41. The smallest absolute Gasteiger partial charge is 0.351 e. The quantitative estimate of drug-likeness (QED) is 0.881. The van der Waals surface area contributed by atoms with Crippen molar-refractivity contribution in [1.29, 1.82) is 0 Å². The summed E-state index contributed by atoms with van der Waals surface area (Å²) in [4.78, 5) is 1.94. The van der Waals surface area contributed by atoms with Crippen LogP contribution in [0.3, 0.4) is 0 Å². The Labute approximate surface area is 103 Å². The molecule has 2 heterocycles. The Balaban J connectivity index is 2.18. The van der Waals surface area contributed by atoms with Gasteiger partial charge in [-0.2, -0.15) is 13.2 Å². The van der Waals surface area contributed by atoms with Gasteiger partial charge in [0.25, 0.3) is 0 Å². The highest BCUT2D eigenvalue weighted by molar-refractivity contribution is 5.39. The third-order valence-corrected chi connectivity index (χ3v) is 3.13. The molecule has 0 saturated carbocycles. The summed E-state index contributed by atoms with van der Waals surface area (Å²) in [7, 11) is 0. The molecule has 0 radical (unpaired) electrons. The Morgan fingerprint density at radius 1 is 1.28 bits per heavy atom. The molecule has 4 nitrogen and oxygen atoms in total. The van der Waals surface area contributed by atoms with Gasteiger partial charge in [0.2, 0.25) is 0 Å². The summed E-state index contributed by atoms with van der Waals surface area (Å²) in [6, 6.07) is 2.47. The maximum Gasteiger partial charge on any atom is 0.435 e. The van der Waals surface area contributed by atoms with Crippen molar-refractivity contribution in [2.75, 3.05) is 18.0 Å². The van der Waals surface area contributed by atoms with Crippen molar-refractivity contribution in [3.05, 3.63) is 17.8 Å². The van der Waals surface area contributed by atoms with Gasteiger partial charge in [0.15, 0.2) is 11.5 Å². The number of rotatable bonds is 2. The molecule has 0 spiro atoms. The highest BCUT2D eigenvalue weighted by Crippen LogP contribution is 2.28. The Morgan fingerprint density at radius 2 is 2.06 bits per heavy atom. The first-order valence-corrected chi connectivity index (χ1v) is 5.90. The van der Waals surface area contributed by atoms with Crippen molar-refractivity contribution in [2.24, 2.45) is 5.73 Å². The van der Waals surface area contributed by atoms with Crippen LogP contribution in [-0.2, 0) is 6.18 Å². The van der Waals surface area contributed by atoms with Gasteiger partial charge in [-0.3, -0.25) is 0 Å². The van der Waals surface area contributed by atoms with E-state index in [9.17, 15) is 13.2 Å². The second-order valence-electron chi connectivity index (χ2n) is 4.35. The second-order valence-corrected chi connectivity index (χ2v) is 4.35. The molecule has 1 saturated heterocycles. The SMILES string of the molecule is NCC1CCCCN1c1ccc(C(F)(F)F)nn1. The van der Waals surface area contributed by atoms with Crippen LogP contribution in [0.25, 0.3) is 0 Å². The van der Waals surface area contributed by atoms with E-state index in [-0.39, 0.29) is 6.04 Å². The van der Waals surface area contributed by atoms with Crippen molar-refractivity contribution in [3.63, 3.8) is 0 Å². The lowest BCUT2D eigenvalue weighted by atomic mass is 10.0. The molecule has 1 aromatic rings. The molecule has 0 bridgehead atoms. The number of hydrogen-bond acceptors (Lipinski definition) is 4. The lowest BCUT2D eigenvalue weighted by Gasteiger charge is -2.35. The molecule has 1 atom stereocenters. The van der Waals surface area contributed by atoms with Crippen LogP contribution >= 0.6 is 0 Å². The van der Waals surface area contributed by atoms with E-state index in [1.807, 2.05) is 4.90 Å². The molecule has 1 aliphatic heterocycles. The number of hydrogen-bond donors (Lipinski definition) is 1. The number of nitrogens with two attached hydrogens (primary N) is 1. The number of anilines is 1. The molecule has 1 aliphatic rings. The fourth-order valence-electron chi connectivity index (χ4n) is 2.18. The maximum absolute atomic E-state index is 12.4. The molecule has 0 aromatic carbocycles. The third kappa shape index (κ3) is 2.72. The van der Waals surface area contributed by atoms with Crippen LogP contribution in [0, 0.1) is 0 Å². The molecule has 1 fully saturated rings. The average molecular weight is 260 g/mol. The monoisotopic (exact) mass is 260 g/mol. The molecule has 2 N–H and O–H groups in total. The summed E-state index contributed by atoms with van der Waals surface area (Å²) in [6.45, 7) is 1.24. The van der Waals surface area contributed by atoms with Gasteiger partial charge in [-0.25, -0.2) is 0 Å². The highest BCUT2D eigenvalue weighted by atomic mass is 19.4. The zero-order valence-electron chi connectivity index (χ0n) is 9.82. The molecular formula is C11H15F3N4. The van der Waals surface area contributed by atoms with Gasteiger partial charge >= 0.3 is 6.18 Å². The second kappa shape index (κ2) is 5.09. The average Bonchev–Trinajstić information content (AvgIpc) is 2.38. The van der Waals surface area contributed by atoms with Gasteiger partial charge in [0.1, 0.15) is 0 Å². The van der Waals surface area contributed by atoms with Gasteiger partial charge in [0, 0.05) is 19.1 Å². The summed E-state index contributed by atoms with van der Waals surface area (Å²) in [5, 5.41) is 6.90. The number of nitrogens with zero attached hydrogens (tertiary/aromatic N) is 3. The van der Waals surface area contributed by atoms with Gasteiger partial charge in [0.05, 0.1) is 0 Å². The zero-order chi connectivity index (χ0) is 13.2. The normalized spacial score (nSPS) is 21.1. The molecule has 0 aliphatic carbocycles. The predicted molar refractivity (Wildman–Crippen MR) is 61.1 cm³/mol. The summed E-state index contributed by atoms with van der Waals surface area (Å²) in [5.41, 5.74) is 4.70. The summed E-state index contributed by atoms with van der Waals surface area (Å²) < 4.78 is 37.1. The maximum atomic E-state index is 12.4. The van der Waals surface area contributed by atoms with Crippen molar-refractivity contribution in [2.45, 2.75) is 31.5 Å². The van der Waals surface area contributed by atoms with Crippen molar-refractivity contribution in [1.82, 2.24) is 10.2 Å². The van der Waals surface area contributed by atoms with Crippen LogP contribution in [0.4, 0.5) is 19.0 Å². The van der Waals surface area contributed by atoms with Crippen molar-refractivity contribution in [3.8, 4) is 0 Å². The van der Waals surface area contributed by atoms with E-state index in [4.69, 9.17) is 5.73 Å². The number of aromatic nitrogens is 2. The van der Waals surface area contributed by atoms with E-state index in [0.717, 1.165) is 31.9 Å². The van der Waals surface area contributed by atoms with Crippen LogP contribution in [-0.4, -0.2) is 29.3 Å². The van der Waals surface area contributed by atoms with E-state index in [0.29, 0.717) is 12.4 Å². The third-order valence-electron chi connectivity index (χ3n) is 3.13. The summed E-state index contributed by atoms with van der Waals surface area (Å²) >= 11 is 0. The minimum absolute atomic E-state index is 0.143. The van der Waals surface area contributed by atoms with E-state index < -0.39 is 11.9 Å². The first-order valence-electron chi connectivity index (χ1n) is 5.90. The number of halogens is 3. The largest absolute Gasteiger partial charge is 0.435 e. The first kappa shape index (κ1) is 13.1. The number of piperidine rings is 1. The minimum atomic E-state index is -4.44. The van der Waals surface area contributed by atoms with Crippen LogP contribution in [0.15, 0.2) is 12.1 Å². The molecule has 7 heteroatoms. The number of alkyl halides is 3. The first-order chi connectivity index (χ1) is 8.52. The molecule has 18 heavy (non-hydrogen) atoms. The Kier molecular flexibility index (Phi) is 3.70. The van der Waals surface area contributed by atoms with Crippen LogP contribution < -0.4 is 10.6 Å².